The molecule has 4 N–H and O–H groups in total. The molecule has 0 radical (unpaired) electrons. The lowest BCUT2D eigenvalue weighted by molar-refractivity contribution is 0.0559. The molecule has 0 fully saturated rings. The Morgan fingerprint density at radius 1 is 1.17 bits per heavy atom. The fraction of sp³-hybridized carbons (Fsp3) is 0.176. The van der Waals surface area contributed by atoms with Crippen molar-refractivity contribution in [1.82, 2.24) is 11.0 Å². The number of aliphatic hydroxyl groups is 1. The molecule has 23 heavy (non-hydrogen) atoms. The molecule has 120 valence electrons. The summed E-state index contributed by atoms with van der Waals surface area (Å²) in [5.41, 5.74) is 7.15. The molecule has 1 unspecified atom stereocenters. The van der Waals surface area contributed by atoms with E-state index >= 15 is 0 Å². The highest BCUT2D eigenvalue weighted by Gasteiger charge is 2.27. The molecule has 0 amide bonds. The lowest BCUT2D eigenvalue weighted by Crippen LogP contribution is -2.37. The summed E-state index contributed by atoms with van der Waals surface area (Å²) < 4.78 is 0. The summed E-state index contributed by atoms with van der Waals surface area (Å²) in [6.45, 7) is 1.77. The van der Waals surface area contributed by atoms with E-state index in [1.807, 2.05) is 30.3 Å². The Balaban J connectivity index is 1.77. The molecule has 0 aliphatic carbocycles. The summed E-state index contributed by atoms with van der Waals surface area (Å²) in [5.74, 6) is 0.0686. The van der Waals surface area contributed by atoms with Crippen LogP contribution < -0.4 is 16.0 Å². The van der Waals surface area contributed by atoms with Gasteiger partial charge in [-0.15, -0.1) is 5.53 Å². The molecule has 2 aromatic carbocycles. The van der Waals surface area contributed by atoms with Crippen LogP contribution in [0.3, 0.4) is 0 Å². The van der Waals surface area contributed by atoms with Crippen LogP contribution in [-0.2, 0) is 5.60 Å². The number of phenols is 1. The van der Waals surface area contributed by atoms with Gasteiger partial charge in [-0.3, -0.25) is 5.01 Å². The molecular weight excluding hydrogens is 314 g/mol. The van der Waals surface area contributed by atoms with E-state index < -0.39 is 5.60 Å². The zero-order valence-electron chi connectivity index (χ0n) is 12.6. The number of phenolic OH excluding ortho intramolecular Hbond substituents is 1. The first-order valence-electron chi connectivity index (χ1n) is 7.24. The Labute approximate surface area is 139 Å². The van der Waals surface area contributed by atoms with Gasteiger partial charge in [-0.25, -0.2) is 0 Å². The van der Waals surface area contributed by atoms with E-state index in [2.05, 4.69) is 11.0 Å². The van der Waals surface area contributed by atoms with E-state index in [-0.39, 0.29) is 5.75 Å². The predicted molar refractivity (Wildman–Crippen MR) is 90.6 cm³/mol. The van der Waals surface area contributed by atoms with Crippen LogP contribution in [-0.4, -0.2) is 10.2 Å². The third-order valence-corrected chi connectivity index (χ3v) is 3.98. The van der Waals surface area contributed by atoms with Gasteiger partial charge in [0, 0.05) is 29.4 Å². The number of nitrogens with one attached hydrogen (secondary N) is 2. The number of hydrogen-bond donors (Lipinski definition) is 4. The first kappa shape index (κ1) is 15.7. The van der Waals surface area contributed by atoms with Crippen LogP contribution in [0.15, 0.2) is 60.4 Å². The summed E-state index contributed by atoms with van der Waals surface area (Å²) in [6.07, 6.45) is 2.19. The lowest BCUT2D eigenvalue weighted by atomic mass is 9.91. The second-order valence-electron chi connectivity index (χ2n) is 5.71. The molecule has 0 saturated heterocycles. The van der Waals surface area contributed by atoms with Crippen LogP contribution in [0.25, 0.3) is 0 Å². The number of benzene rings is 2. The first-order chi connectivity index (χ1) is 11.0. The summed E-state index contributed by atoms with van der Waals surface area (Å²) in [7, 11) is 0. The summed E-state index contributed by atoms with van der Waals surface area (Å²) in [4.78, 5) is 0. The molecule has 0 aromatic heterocycles. The van der Waals surface area contributed by atoms with Gasteiger partial charge in [0.25, 0.3) is 0 Å². The maximum absolute atomic E-state index is 10.7. The fourth-order valence-corrected chi connectivity index (χ4v) is 2.71. The Morgan fingerprint density at radius 2 is 1.91 bits per heavy atom. The minimum Gasteiger partial charge on any atom is -0.506 e. The Bertz CT molecular complexity index is 732. The van der Waals surface area contributed by atoms with Crippen molar-refractivity contribution in [3.8, 4) is 5.75 Å². The molecule has 1 aliphatic heterocycles. The average Bonchev–Trinajstić information content (AvgIpc) is 2.95. The van der Waals surface area contributed by atoms with E-state index in [1.165, 1.54) is 6.07 Å². The largest absolute Gasteiger partial charge is 0.506 e. The van der Waals surface area contributed by atoms with Gasteiger partial charge in [-0.05, 0) is 24.6 Å². The number of halogens is 1. The van der Waals surface area contributed by atoms with Gasteiger partial charge in [0.15, 0.2) is 0 Å². The van der Waals surface area contributed by atoms with Crippen LogP contribution >= 0.6 is 11.6 Å². The Hall–Kier alpha value is -2.21. The van der Waals surface area contributed by atoms with Crippen molar-refractivity contribution in [2.75, 3.05) is 5.01 Å². The number of anilines is 1. The van der Waals surface area contributed by atoms with E-state index in [0.717, 1.165) is 11.3 Å². The lowest BCUT2D eigenvalue weighted by Gasteiger charge is -2.24. The third-order valence-electron chi connectivity index (χ3n) is 3.75. The highest BCUT2D eigenvalue weighted by molar-refractivity contribution is 6.30. The van der Waals surface area contributed by atoms with Crippen molar-refractivity contribution < 1.29 is 10.2 Å². The second-order valence-corrected chi connectivity index (χ2v) is 6.15. The van der Waals surface area contributed by atoms with Gasteiger partial charge >= 0.3 is 0 Å². The van der Waals surface area contributed by atoms with Gasteiger partial charge in [0.1, 0.15) is 11.4 Å². The maximum Gasteiger partial charge on any atom is 0.142 e. The van der Waals surface area contributed by atoms with Gasteiger partial charge < -0.3 is 15.6 Å². The molecule has 6 heteroatoms. The van der Waals surface area contributed by atoms with Gasteiger partial charge in [0.2, 0.25) is 0 Å². The number of rotatable bonds is 4. The second kappa shape index (κ2) is 6.12. The predicted octanol–water partition coefficient (Wildman–Crippen LogP) is 3.01. The third kappa shape index (κ3) is 3.42. The molecule has 1 heterocycles. The highest BCUT2D eigenvalue weighted by Crippen LogP contribution is 2.32. The maximum atomic E-state index is 10.7. The minimum atomic E-state index is -1.00. The number of hydrazine groups is 2. The molecule has 3 rings (SSSR count). The molecular formula is C17H18ClN3O2. The van der Waals surface area contributed by atoms with Crippen molar-refractivity contribution in [2.45, 2.75) is 18.9 Å². The molecule has 0 saturated carbocycles. The molecule has 0 spiro atoms. The molecule has 2 aromatic rings. The summed E-state index contributed by atoms with van der Waals surface area (Å²) >= 11 is 5.84. The van der Waals surface area contributed by atoms with Crippen molar-refractivity contribution >= 4 is 17.3 Å². The van der Waals surface area contributed by atoms with E-state index in [4.69, 9.17) is 11.6 Å². The molecule has 5 nitrogen and oxygen atoms in total. The summed E-state index contributed by atoms with van der Waals surface area (Å²) in [6, 6.07) is 14.4. The van der Waals surface area contributed by atoms with E-state index in [1.54, 1.807) is 30.3 Å². The van der Waals surface area contributed by atoms with Gasteiger partial charge in [0.05, 0.1) is 5.60 Å². The van der Waals surface area contributed by atoms with Gasteiger partial charge in [-0.2, -0.15) is 0 Å². The number of hydrogen-bond acceptors (Lipinski definition) is 5. The van der Waals surface area contributed by atoms with Crippen LogP contribution in [0, 0.1) is 0 Å². The van der Waals surface area contributed by atoms with Crippen molar-refractivity contribution in [3.05, 3.63) is 71.0 Å². The highest BCUT2D eigenvalue weighted by atomic mass is 35.5. The number of nitrogens with zero attached hydrogens (tertiary/aromatic N) is 1. The average molecular weight is 332 g/mol. The zero-order chi connectivity index (χ0) is 16.4. The smallest absolute Gasteiger partial charge is 0.142 e. The monoisotopic (exact) mass is 331 g/mol. The van der Waals surface area contributed by atoms with Crippen LogP contribution in [0.5, 0.6) is 5.75 Å². The van der Waals surface area contributed by atoms with Crippen LogP contribution in [0.2, 0.25) is 5.02 Å². The van der Waals surface area contributed by atoms with Gasteiger partial charge in [-0.1, -0.05) is 41.9 Å². The topological polar surface area (TPSA) is 67.8 Å². The molecule has 1 atom stereocenters. The summed E-state index contributed by atoms with van der Waals surface area (Å²) in [5, 5.41) is 22.8. The minimum absolute atomic E-state index is 0.0686. The van der Waals surface area contributed by atoms with E-state index in [9.17, 15) is 10.2 Å². The Morgan fingerprint density at radius 3 is 2.61 bits per heavy atom. The molecule has 1 aliphatic rings. The van der Waals surface area contributed by atoms with Crippen LogP contribution in [0.1, 0.15) is 18.9 Å². The Kier molecular flexibility index (Phi) is 4.17. The number of aromatic hydroxyl groups is 1. The first-order valence-corrected chi connectivity index (χ1v) is 7.61. The normalized spacial score (nSPS) is 16.7. The standard InChI is InChI=1S/C17H18ClN3O2/c1-17(23,12-5-3-2-4-6-12)10-14-11-21(20-19-14)15-8-7-13(18)9-16(15)22/h2-9,11,19-20,22-23H,10H2,1H3. The van der Waals surface area contributed by atoms with Crippen molar-refractivity contribution in [2.24, 2.45) is 0 Å². The quantitative estimate of drug-likeness (QED) is 0.693. The van der Waals surface area contributed by atoms with E-state index in [0.29, 0.717) is 17.1 Å². The SMILES string of the molecule is CC(O)(CC1=CN(c2ccc(Cl)cc2O)NN1)c1ccccc1. The fourth-order valence-electron chi connectivity index (χ4n) is 2.54. The zero-order valence-corrected chi connectivity index (χ0v) is 13.4. The van der Waals surface area contributed by atoms with Crippen molar-refractivity contribution in [1.29, 1.82) is 0 Å². The van der Waals surface area contributed by atoms with Crippen molar-refractivity contribution in [3.63, 3.8) is 0 Å². The molecule has 0 bridgehead atoms. The van der Waals surface area contributed by atoms with Crippen LogP contribution in [0.4, 0.5) is 5.69 Å².